The Hall–Kier alpha value is -1.95. The van der Waals surface area contributed by atoms with Crippen LogP contribution in [-0.4, -0.2) is 36.5 Å². The Kier molecular flexibility index (Phi) is 4.57. The molecule has 0 atom stereocenters. The lowest BCUT2D eigenvalue weighted by Crippen LogP contribution is -2.40. The number of benzene rings is 1. The summed E-state index contributed by atoms with van der Waals surface area (Å²) in [5, 5.41) is 0.685. The van der Waals surface area contributed by atoms with Gasteiger partial charge in [-0.25, -0.2) is 4.39 Å². The van der Waals surface area contributed by atoms with Crippen LogP contribution in [0.25, 0.3) is 10.1 Å². The summed E-state index contributed by atoms with van der Waals surface area (Å²) in [6.45, 7) is 3.55. The second-order valence-electron chi connectivity index (χ2n) is 4.90. The molecule has 1 heterocycles. The second kappa shape index (κ2) is 6.22. The summed E-state index contributed by atoms with van der Waals surface area (Å²) < 4.78 is 18.6. The highest BCUT2D eigenvalue weighted by atomic mass is 32.1. The van der Waals surface area contributed by atoms with Gasteiger partial charge in [-0.2, -0.15) is 0 Å². The number of halogens is 1. The molecule has 1 aromatic heterocycles. The maximum atomic E-state index is 13.2. The van der Waals surface area contributed by atoms with Crippen LogP contribution in [0.15, 0.2) is 24.3 Å². The fourth-order valence-corrected chi connectivity index (χ4v) is 2.95. The normalized spacial score (nSPS) is 10.9. The molecule has 0 bridgehead atoms. The molecule has 6 heteroatoms. The number of nitrogens with zero attached hydrogens (tertiary/aromatic N) is 1. The first kappa shape index (κ1) is 15.4. The number of esters is 1. The fourth-order valence-electron chi connectivity index (χ4n) is 1.95. The van der Waals surface area contributed by atoms with E-state index in [2.05, 4.69) is 4.74 Å². The van der Waals surface area contributed by atoms with E-state index in [0.29, 0.717) is 10.3 Å². The lowest BCUT2D eigenvalue weighted by molar-refractivity contribution is -0.141. The van der Waals surface area contributed by atoms with Crippen LogP contribution >= 0.6 is 11.3 Å². The summed E-state index contributed by atoms with van der Waals surface area (Å²) >= 11 is 1.28. The van der Waals surface area contributed by atoms with Crippen molar-refractivity contribution in [2.45, 2.75) is 19.9 Å². The minimum absolute atomic E-state index is 0.102. The predicted octanol–water partition coefficient (Wildman–Crippen LogP) is 3.06. The van der Waals surface area contributed by atoms with Gasteiger partial charge >= 0.3 is 5.97 Å². The van der Waals surface area contributed by atoms with E-state index in [1.165, 1.54) is 35.5 Å². The zero-order valence-electron chi connectivity index (χ0n) is 12.1. The molecule has 0 aliphatic carbocycles. The molecule has 112 valence electrons. The highest BCUT2D eigenvalue weighted by molar-refractivity contribution is 7.20. The summed E-state index contributed by atoms with van der Waals surface area (Å²) in [7, 11) is 1.29. The van der Waals surface area contributed by atoms with Crippen molar-refractivity contribution in [2.75, 3.05) is 13.7 Å². The molecule has 0 radical (unpaired) electrons. The molecule has 2 aromatic rings. The van der Waals surface area contributed by atoms with Crippen molar-refractivity contribution < 1.29 is 18.7 Å². The molecular formula is C15H16FNO3S. The number of ether oxygens (including phenoxy) is 1. The average Bonchev–Trinajstić information content (AvgIpc) is 2.86. The van der Waals surface area contributed by atoms with Gasteiger partial charge in [0.05, 0.1) is 12.0 Å². The molecule has 0 spiro atoms. The van der Waals surface area contributed by atoms with Crippen LogP contribution in [0.3, 0.4) is 0 Å². The third-order valence-electron chi connectivity index (χ3n) is 3.10. The number of hydrogen-bond donors (Lipinski definition) is 0. The van der Waals surface area contributed by atoms with Gasteiger partial charge in [0.15, 0.2) is 0 Å². The Balaban J connectivity index is 2.31. The second-order valence-corrected chi connectivity index (χ2v) is 5.98. The molecule has 0 fully saturated rings. The Labute approximate surface area is 126 Å². The van der Waals surface area contributed by atoms with Crippen molar-refractivity contribution in [3.8, 4) is 0 Å². The standard InChI is InChI=1S/C15H16FNO3S/c1-9(2)17(8-14(18)20-3)15(19)13-7-10-6-11(16)4-5-12(10)21-13/h4-7,9H,8H2,1-3H3. The van der Waals surface area contributed by atoms with Crippen LogP contribution in [0.5, 0.6) is 0 Å². The summed E-state index contributed by atoms with van der Waals surface area (Å²) in [5.74, 6) is -1.06. The molecule has 1 aromatic carbocycles. The Bertz CT molecular complexity index is 681. The number of carbonyl (C=O) groups is 2. The monoisotopic (exact) mass is 309 g/mol. The van der Waals surface area contributed by atoms with Gasteiger partial charge in [0.2, 0.25) is 0 Å². The largest absolute Gasteiger partial charge is 0.468 e. The van der Waals surface area contributed by atoms with E-state index in [0.717, 1.165) is 4.70 Å². The Morgan fingerprint density at radius 2 is 2.05 bits per heavy atom. The van der Waals surface area contributed by atoms with Crippen molar-refractivity contribution in [2.24, 2.45) is 0 Å². The average molecular weight is 309 g/mol. The van der Waals surface area contributed by atoms with Gasteiger partial charge in [0, 0.05) is 10.7 Å². The van der Waals surface area contributed by atoms with Crippen LogP contribution in [0.4, 0.5) is 4.39 Å². The SMILES string of the molecule is COC(=O)CN(C(=O)c1cc2cc(F)ccc2s1)C(C)C. The van der Waals surface area contributed by atoms with Crippen molar-refractivity contribution >= 4 is 33.3 Å². The van der Waals surface area contributed by atoms with Crippen LogP contribution < -0.4 is 0 Å². The first-order chi connectivity index (χ1) is 9.92. The summed E-state index contributed by atoms with van der Waals surface area (Å²) in [5.41, 5.74) is 0. The van der Waals surface area contributed by atoms with Gasteiger partial charge in [0.1, 0.15) is 12.4 Å². The summed E-state index contributed by atoms with van der Waals surface area (Å²) in [6.07, 6.45) is 0. The predicted molar refractivity (Wildman–Crippen MR) is 80.0 cm³/mol. The van der Waals surface area contributed by atoms with Crippen LogP contribution in [0.1, 0.15) is 23.5 Å². The molecule has 0 aliphatic rings. The number of rotatable bonds is 4. The highest BCUT2D eigenvalue weighted by Crippen LogP contribution is 2.27. The van der Waals surface area contributed by atoms with Gasteiger partial charge < -0.3 is 9.64 Å². The minimum Gasteiger partial charge on any atom is -0.468 e. The van der Waals surface area contributed by atoms with Crippen LogP contribution in [-0.2, 0) is 9.53 Å². The number of fused-ring (bicyclic) bond motifs is 1. The van der Waals surface area contributed by atoms with Crippen LogP contribution in [0.2, 0.25) is 0 Å². The van der Waals surface area contributed by atoms with Gasteiger partial charge in [0.25, 0.3) is 5.91 Å². The number of thiophene rings is 1. The number of hydrogen-bond acceptors (Lipinski definition) is 4. The van der Waals surface area contributed by atoms with Crippen molar-refractivity contribution in [3.63, 3.8) is 0 Å². The first-order valence-corrected chi connectivity index (χ1v) is 7.31. The molecule has 0 aliphatic heterocycles. The van der Waals surface area contributed by atoms with E-state index in [-0.39, 0.29) is 24.3 Å². The first-order valence-electron chi connectivity index (χ1n) is 6.49. The lowest BCUT2D eigenvalue weighted by atomic mass is 10.2. The van der Waals surface area contributed by atoms with Crippen molar-refractivity contribution in [1.29, 1.82) is 0 Å². The Morgan fingerprint density at radius 1 is 1.33 bits per heavy atom. The van der Waals surface area contributed by atoms with Gasteiger partial charge in [-0.1, -0.05) is 0 Å². The highest BCUT2D eigenvalue weighted by Gasteiger charge is 2.23. The van der Waals surface area contributed by atoms with E-state index >= 15 is 0 Å². The number of carbonyl (C=O) groups excluding carboxylic acids is 2. The molecule has 0 N–H and O–H groups in total. The molecule has 0 saturated carbocycles. The summed E-state index contributed by atoms with van der Waals surface area (Å²) in [6, 6.07) is 5.91. The molecule has 1 amide bonds. The van der Waals surface area contributed by atoms with Gasteiger partial charge in [-0.15, -0.1) is 11.3 Å². The van der Waals surface area contributed by atoms with Crippen molar-refractivity contribution in [3.05, 3.63) is 35.0 Å². The minimum atomic E-state index is -0.468. The molecule has 0 saturated heterocycles. The zero-order chi connectivity index (χ0) is 15.6. The Morgan fingerprint density at radius 3 is 2.67 bits per heavy atom. The maximum absolute atomic E-state index is 13.2. The quantitative estimate of drug-likeness (QED) is 0.816. The topological polar surface area (TPSA) is 46.6 Å². The third kappa shape index (κ3) is 3.39. The van der Waals surface area contributed by atoms with E-state index in [1.807, 2.05) is 13.8 Å². The van der Waals surface area contributed by atoms with E-state index in [9.17, 15) is 14.0 Å². The fraction of sp³-hybridized carbons (Fsp3) is 0.333. The van der Waals surface area contributed by atoms with Gasteiger partial charge in [-0.3, -0.25) is 9.59 Å². The van der Waals surface area contributed by atoms with Gasteiger partial charge in [-0.05, 0) is 43.5 Å². The van der Waals surface area contributed by atoms with Crippen molar-refractivity contribution in [1.82, 2.24) is 4.90 Å². The zero-order valence-corrected chi connectivity index (χ0v) is 12.9. The van der Waals surface area contributed by atoms with E-state index < -0.39 is 5.97 Å². The maximum Gasteiger partial charge on any atom is 0.325 e. The lowest BCUT2D eigenvalue weighted by Gasteiger charge is -2.24. The van der Waals surface area contributed by atoms with Crippen LogP contribution in [0, 0.1) is 5.82 Å². The molecule has 21 heavy (non-hydrogen) atoms. The molecule has 0 unspecified atom stereocenters. The van der Waals surface area contributed by atoms with E-state index in [1.54, 1.807) is 12.1 Å². The summed E-state index contributed by atoms with van der Waals surface area (Å²) in [4.78, 5) is 25.9. The molecular weight excluding hydrogens is 293 g/mol. The molecule has 2 rings (SSSR count). The molecule has 4 nitrogen and oxygen atoms in total. The van der Waals surface area contributed by atoms with E-state index in [4.69, 9.17) is 0 Å². The number of methoxy groups -OCH3 is 1. The smallest absolute Gasteiger partial charge is 0.325 e. The third-order valence-corrected chi connectivity index (χ3v) is 4.20. The number of amides is 1.